The summed E-state index contributed by atoms with van der Waals surface area (Å²) in [6.07, 6.45) is 0. The molecule has 1 heterocycles. The summed E-state index contributed by atoms with van der Waals surface area (Å²) in [4.78, 5) is 9.67. The highest BCUT2D eigenvalue weighted by molar-refractivity contribution is 6.30. The number of rotatable bonds is 1. The SMILES string of the molecule is Clc1ccc(-c2cccc3c2NOO3)cc1. The maximum absolute atomic E-state index is 5.85. The molecule has 0 aliphatic carbocycles. The number of fused-ring (bicyclic) bond motifs is 1. The minimum absolute atomic E-state index is 0.687. The van der Waals surface area contributed by atoms with E-state index in [1.165, 1.54) is 0 Å². The van der Waals surface area contributed by atoms with E-state index in [9.17, 15) is 0 Å². The predicted molar refractivity (Wildman–Crippen MR) is 62.2 cm³/mol. The highest BCUT2D eigenvalue weighted by Crippen LogP contribution is 2.39. The fourth-order valence-electron chi connectivity index (χ4n) is 1.68. The Morgan fingerprint density at radius 2 is 1.81 bits per heavy atom. The minimum atomic E-state index is 0.687. The van der Waals surface area contributed by atoms with Gasteiger partial charge in [-0.3, -0.25) is 0 Å². The molecule has 0 fully saturated rings. The van der Waals surface area contributed by atoms with Crippen molar-refractivity contribution in [1.29, 1.82) is 0 Å². The largest absolute Gasteiger partial charge is 0.312 e. The Balaban J connectivity index is 2.13. The van der Waals surface area contributed by atoms with E-state index in [-0.39, 0.29) is 0 Å². The van der Waals surface area contributed by atoms with Crippen molar-refractivity contribution >= 4 is 17.3 Å². The van der Waals surface area contributed by atoms with Crippen molar-refractivity contribution in [3.63, 3.8) is 0 Å². The van der Waals surface area contributed by atoms with E-state index in [0.717, 1.165) is 21.8 Å². The second-order valence-electron chi connectivity index (χ2n) is 3.45. The Kier molecular flexibility index (Phi) is 2.20. The van der Waals surface area contributed by atoms with E-state index >= 15 is 0 Å². The molecule has 0 unspecified atom stereocenters. The predicted octanol–water partition coefficient (Wildman–Crippen LogP) is 3.66. The smallest absolute Gasteiger partial charge is 0.194 e. The summed E-state index contributed by atoms with van der Waals surface area (Å²) in [5.41, 5.74) is 5.64. The van der Waals surface area contributed by atoms with Crippen LogP contribution >= 0.6 is 11.6 Å². The zero-order chi connectivity index (χ0) is 11.0. The average Bonchev–Trinajstić information content (AvgIpc) is 2.78. The van der Waals surface area contributed by atoms with Crippen LogP contribution in [-0.2, 0) is 4.99 Å². The summed E-state index contributed by atoms with van der Waals surface area (Å²) in [7, 11) is 0. The van der Waals surface area contributed by atoms with E-state index in [4.69, 9.17) is 21.5 Å². The molecule has 1 N–H and O–H groups in total. The van der Waals surface area contributed by atoms with Crippen LogP contribution in [0, 0.1) is 0 Å². The van der Waals surface area contributed by atoms with Gasteiger partial charge in [0.05, 0.1) is 0 Å². The van der Waals surface area contributed by atoms with Crippen molar-refractivity contribution in [2.24, 2.45) is 0 Å². The zero-order valence-electron chi connectivity index (χ0n) is 8.24. The molecule has 3 nitrogen and oxygen atoms in total. The van der Waals surface area contributed by atoms with E-state index in [1.54, 1.807) is 0 Å². The number of nitrogens with one attached hydrogen (secondary N) is 1. The molecule has 80 valence electrons. The van der Waals surface area contributed by atoms with Crippen LogP contribution in [0.4, 0.5) is 5.69 Å². The number of hydrogen-bond donors (Lipinski definition) is 1. The molecule has 16 heavy (non-hydrogen) atoms. The molecule has 0 spiro atoms. The Labute approximate surface area is 97.4 Å². The number of benzene rings is 2. The summed E-state index contributed by atoms with van der Waals surface area (Å²) in [5, 5.41) is 0.719. The van der Waals surface area contributed by atoms with E-state index in [2.05, 4.69) is 5.48 Å². The quantitative estimate of drug-likeness (QED) is 0.763. The van der Waals surface area contributed by atoms with Crippen LogP contribution in [0.3, 0.4) is 0 Å². The summed E-state index contributed by atoms with van der Waals surface area (Å²) in [5.74, 6) is 0.687. The van der Waals surface area contributed by atoms with Crippen LogP contribution in [0.2, 0.25) is 5.02 Å². The van der Waals surface area contributed by atoms with Gasteiger partial charge in [-0.2, -0.15) is 0 Å². The van der Waals surface area contributed by atoms with E-state index < -0.39 is 0 Å². The summed E-state index contributed by atoms with van der Waals surface area (Å²) < 4.78 is 0. The standard InChI is InChI=1S/C12H8ClNO2/c13-9-6-4-8(5-7-9)10-2-1-3-11-12(10)14-16-15-11/h1-7,14H. The van der Waals surface area contributed by atoms with Gasteiger partial charge >= 0.3 is 0 Å². The third-order valence-corrected chi connectivity index (χ3v) is 2.71. The lowest BCUT2D eigenvalue weighted by Crippen LogP contribution is -1.93. The van der Waals surface area contributed by atoms with Crippen molar-refractivity contribution < 1.29 is 9.88 Å². The molecule has 0 saturated carbocycles. The molecule has 0 atom stereocenters. The van der Waals surface area contributed by atoms with Crippen molar-refractivity contribution in [2.75, 3.05) is 5.48 Å². The minimum Gasteiger partial charge on any atom is -0.312 e. The molecular formula is C12H8ClNO2. The molecule has 2 aromatic rings. The fraction of sp³-hybridized carbons (Fsp3) is 0. The van der Waals surface area contributed by atoms with Crippen LogP contribution in [0.25, 0.3) is 11.1 Å². The average molecular weight is 234 g/mol. The lowest BCUT2D eigenvalue weighted by Gasteiger charge is -2.04. The van der Waals surface area contributed by atoms with Gasteiger partial charge in [-0.05, 0) is 23.8 Å². The number of anilines is 1. The fourth-order valence-corrected chi connectivity index (χ4v) is 1.81. The molecule has 1 aliphatic heterocycles. The van der Waals surface area contributed by atoms with Crippen LogP contribution in [0.15, 0.2) is 42.5 Å². The summed E-state index contributed by atoms with van der Waals surface area (Å²) in [6.45, 7) is 0. The third kappa shape index (κ3) is 1.50. The monoisotopic (exact) mass is 233 g/mol. The lowest BCUT2D eigenvalue weighted by molar-refractivity contribution is -0.160. The number of hydrogen-bond acceptors (Lipinski definition) is 3. The molecule has 3 rings (SSSR count). The normalized spacial score (nSPS) is 12.8. The molecule has 0 aromatic heterocycles. The molecule has 0 bridgehead atoms. The first-order chi connectivity index (χ1) is 7.84. The molecule has 0 radical (unpaired) electrons. The van der Waals surface area contributed by atoms with Crippen LogP contribution in [0.5, 0.6) is 5.75 Å². The highest BCUT2D eigenvalue weighted by atomic mass is 35.5. The van der Waals surface area contributed by atoms with Gasteiger partial charge in [-0.25, -0.2) is 5.48 Å². The van der Waals surface area contributed by atoms with Crippen molar-refractivity contribution in [2.45, 2.75) is 0 Å². The molecule has 0 saturated heterocycles. The van der Waals surface area contributed by atoms with Gasteiger partial charge < -0.3 is 4.89 Å². The molecule has 1 aliphatic rings. The van der Waals surface area contributed by atoms with Gasteiger partial charge in [0.15, 0.2) is 5.75 Å². The van der Waals surface area contributed by atoms with Crippen molar-refractivity contribution in [1.82, 2.24) is 0 Å². The van der Waals surface area contributed by atoms with Gasteiger partial charge in [-0.15, -0.1) is 0 Å². The second-order valence-corrected chi connectivity index (χ2v) is 3.89. The lowest BCUT2D eigenvalue weighted by atomic mass is 10.0. The Hall–Kier alpha value is -1.71. The number of halogens is 1. The van der Waals surface area contributed by atoms with Gasteiger partial charge in [0.25, 0.3) is 0 Å². The van der Waals surface area contributed by atoms with Crippen LogP contribution in [-0.4, -0.2) is 0 Å². The van der Waals surface area contributed by atoms with E-state index in [0.29, 0.717) is 5.75 Å². The first-order valence-electron chi connectivity index (χ1n) is 4.83. The molecule has 4 heteroatoms. The zero-order valence-corrected chi connectivity index (χ0v) is 8.99. The van der Waals surface area contributed by atoms with Crippen molar-refractivity contribution in [3.05, 3.63) is 47.5 Å². The van der Waals surface area contributed by atoms with Crippen LogP contribution < -0.4 is 10.4 Å². The topological polar surface area (TPSA) is 30.5 Å². The van der Waals surface area contributed by atoms with Gasteiger partial charge in [0, 0.05) is 10.6 Å². The van der Waals surface area contributed by atoms with Crippen molar-refractivity contribution in [3.8, 4) is 16.9 Å². The Morgan fingerprint density at radius 3 is 2.62 bits per heavy atom. The molecule has 2 aromatic carbocycles. The van der Waals surface area contributed by atoms with E-state index in [1.807, 2.05) is 42.5 Å². The first kappa shape index (κ1) is 9.51. The Bertz CT molecular complexity index is 525. The highest BCUT2D eigenvalue weighted by Gasteiger charge is 2.17. The second kappa shape index (κ2) is 3.70. The molecular weight excluding hydrogens is 226 g/mol. The first-order valence-corrected chi connectivity index (χ1v) is 5.21. The third-order valence-electron chi connectivity index (χ3n) is 2.46. The van der Waals surface area contributed by atoms with Gasteiger partial charge in [-0.1, -0.05) is 40.9 Å². The summed E-state index contributed by atoms with van der Waals surface area (Å²) in [6, 6.07) is 13.4. The molecule has 0 amide bonds. The maximum Gasteiger partial charge on any atom is 0.194 e. The maximum atomic E-state index is 5.85. The summed E-state index contributed by atoms with van der Waals surface area (Å²) >= 11 is 5.85. The van der Waals surface area contributed by atoms with Gasteiger partial charge in [0.2, 0.25) is 0 Å². The Morgan fingerprint density at radius 1 is 1.00 bits per heavy atom. The number of para-hydroxylation sites is 1. The van der Waals surface area contributed by atoms with Gasteiger partial charge in [0.1, 0.15) is 5.69 Å². The van der Waals surface area contributed by atoms with Crippen LogP contribution in [0.1, 0.15) is 0 Å².